The second-order valence-electron chi connectivity index (χ2n) is 6.26. The molecule has 0 spiro atoms. The van der Waals surface area contributed by atoms with Crippen molar-refractivity contribution >= 4 is 33.9 Å². The third-order valence-corrected chi connectivity index (χ3v) is 4.43. The highest BCUT2D eigenvalue weighted by atomic mass is 19.1. The van der Waals surface area contributed by atoms with Gasteiger partial charge in [-0.25, -0.2) is 8.78 Å². The molecule has 0 aliphatic rings. The molecule has 146 valence electrons. The van der Waals surface area contributed by atoms with E-state index in [9.17, 15) is 13.6 Å². The van der Waals surface area contributed by atoms with Crippen molar-refractivity contribution in [1.82, 2.24) is 14.9 Å². The van der Waals surface area contributed by atoms with Gasteiger partial charge in [-0.05, 0) is 18.2 Å². The van der Waals surface area contributed by atoms with Gasteiger partial charge in [0.25, 0.3) is 5.91 Å². The first-order chi connectivity index (χ1) is 13.9. The fourth-order valence-corrected chi connectivity index (χ4v) is 2.95. The Balaban J connectivity index is 1.68. The average Bonchev–Trinajstić information content (AvgIpc) is 3.34. The number of amides is 1. The van der Waals surface area contributed by atoms with Crippen LogP contribution in [0.2, 0.25) is 0 Å². The number of carbonyl (C=O) groups excluding carboxylic acids is 1. The lowest BCUT2D eigenvalue weighted by Gasteiger charge is -2.11. The van der Waals surface area contributed by atoms with E-state index in [0.29, 0.717) is 0 Å². The molecular weight excluding hydrogens is 382 g/mol. The zero-order chi connectivity index (χ0) is 20.7. The zero-order valence-corrected chi connectivity index (χ0v) is 15.0. The molecule has 29 heavy (non-hydrogen) atoms. The molecule has 4 N–H and O–H groups in total. The quantitative estimate of drug-likeness (QED) is 0.361. The van der Waals surface area contributed by atoms with E-state index in [2.05, 4.69) is 15.6 Å². The number of aryl methyl sites for hydroxylation is 1. The van der Waals surface area contributed by atoms with Crippen molar-refractivity contribution in [2.45, 2.75) is 0 Å². The number of carbonyl (C=O) groups is 1. The fourth-order valence-electron chi connectivity index (χ4n) is 2.95. The van der Waals surface area contributed by atoms with Gasteiger partial charge in [0.15, 0.2) is 5.76 Å². The molecule has 8 nitrogen and oxygen atoms in total. The van der Waals surface area contributed by atoms with Gasteiger partial charge in [-0.3, -0.25) is 14.9 Å². The molecule has 1 amide bonds. The molecule has 0 atom stereocenters. The summed E-state index contributed by atoms with van der Waals surface area (Å²) >= 11 is 0. The van der Waals surface area contributed by atoms with Crippen LogP contribution in [-0.4, -0.2) is 26.6 Å². The molecule has 10 heteroatoms. The Kier molecular flexibility index (Phi) is 4.30. The van der Waals surface area contributed by atoms with Crippen LogP contribution in [0.1, 0.15) is 21.7 Å². The lowest BCUT2D eigenvalue weighted by Crippen LogP contribution is -2.17. The lowest BCUT2D eigenvalue weighted by molar-refractivity contribution is 0.101. The van der Waals surface area contributed by atoms with E-state index in [1.807, 2.05) is 0 Å². The number of rotatable bonds is 4. The summed E-state index contributed by atoms with van der Waals surface area (Å²) < 4.78 is 35.4. The number of benzene rings is 2. The largest absolute Gasteiger partial charge is 0.398 e. The number of hydrogen-bond acceptors (Lipinski definition) is 6. The summed E-state index contributed by atoms with van der Waals surface area (Å²) in [5.41, 5.74) is 6.09. The third-order valence-electron chi connectivity index (χ3n) is 4.43. The van der Waals surface area contributed by atoms with Crippen molar-refractivity contribution in [2.24, 2.45) is 7.05 Å². The summed E-state index contributed by atoms with van der Waals surface area (Å²) in [6, 6.07) is 6.88. The van der Waals surface area contributed by atoms with Crippen LogP contribution in [0.4, 0.5) is 20.2 Å². The van der Waals surface area contributed by atoms with E-state index in [0.717, 1.165) is 6.07 Å². The summed E-state index contributed by atoms with van der Waals surface area (Å²) in [5, 5.41) is 18.1. The summed E-state index contributed by atoms with van der Waals surface area (Å²) in [5.74, 6) is -2.82. The summed E-state index contributed by atoms with van der Waals surface area (Å²) in [6.07, 6.45) is 2.60. The number of hydrogen-bond donors (Lipinski definition) is 3. The van der Waals surface area contributed by atoms with Crippen molar-refractivity contribution in [2.75, 3.05) is 11.1 Å². The molecule has 0 fully saturated rings. The van der Waals surface area contributed by atoms with Crippen LogP contribution < -0.4 is 11.1 Å². The van der Waals surface area contributed by atoms with Gasteiger partial charge in [-0.1, -0.05) is 5.16 Å². The van der Waals surface area contributed by atoms with E-state index in [1.165, 1.54) is 41.3 Å². The van der Waals surface area contributed by atoms with Crippen LogP contribution in [0.25, 0.3) is 10.9 Å². The number of nitrogens with two attached hydrogens (primary N) is 1. The monoisotopic (exact) mass is 396 g/mol. The molecule has 0 aliphatic carbocycles. The van der Waals surface area contributed by atoms with Crippen molar-refractivity contribution in [3.63, 3.8) is 0 Å². The minimum absolute atomic E-state index is 0.0316. The lowest BCUT2D eigenvalue weighted by atomic mass is 10.0. The van der Waals surface area contributed by atoms with Gasteiger partial charge in [0.2, 0.25) is 0 Å². The van der Waals surface area contributed by atoms with E-state index in [4.69, 9.17) is 15.7 Å². The minimum Gasteiger partial charge on any atom is -0.398 e. The average molecular weight is 396 g/mol. The predicted octanol–water partition coefficient (Wildman–Crippen LogP) is 3.09. The Hall–Kier alpha value is -4.08. The highest BCUT2D eigenvalue weighted by Gasteiger charge is 2.23. The van der Waals surface area contributed by atoms with Gasteiger partial charge >= 0.3 is 0 Å². The summed E-state index contributed by atoms with van der Waals surface area (Å²) in [6.45, 7) is 0. The highest BCUT2D eigenvalue weighted by molar-refractivity contribution is 6.13. The summed E-state index contributed by atoms with van der Waals surface area (Å²) in [4.78, 5) is 12.6. The number of anilines is 2. The Morgan fingerprint density at radius 2 is 2.07 bits per heavy atom. The molecule has 0 saturated carbocycles. The maximum Gasteiger partial charge on any atom is 0.261 e. The van der Waals surface area contributed by atoms with E-state index >= 15 is 0 Å². The molecule has 4 rings (SSSR count). The van der Waals surface area contributed by atoms with Gasteiger partial charge in [-0.15, -0.1) is 0 Å². The third kappa shape index (κ3) is 3.10. The molecule has 2 heterocycles. The fraction of sp³-hybridized carbons (Fsp3) is 0.0526. The molecule has 2 aromatic carbocycles. The molecule has 0 radical (unpaired) electrons. The molecule has 2 aromatic heterocycles. The predicted molar refractivity (Wildman–Crippen MR) is 102 cm³/mol. The smallest absolute Gasteiger partial charge is 0.261 e. The van der Waals surface area contributed by atoms with Gasteiger partial charge in [0, 0.05) is 36.1 Å². The zero-order valence-electron chi connectivity index (χ0n) is 15.0. The van der Waals surface area contributed by atoms with Crippen molar-refractivity contribution in [3.8, 4) is 0 Å². The Bertz CT molecular complexity index is 1260. The highest BCUT2D eigenvalue weighted by Crippen LogP contribution is 2.26. The van der Waals surface area contributed by atoms with Gasteiger partial charge in [0.05, 0.1) is 23.3 Å². The van der Waals surface area contributed by atoms with Crippen molar-refractivity contribution in [3.05, 3.63) is 71.2 Å². The molecule has 0 aliphatic heterocycles. The maximum atomic E-state index is 14.7. The molecule has 4 aromatic rings. The van der Waals surface area contributed by atoms with Crippen LogP contribution in [0.15, 0.2) is 47.2 Å². The van der Waals surface area contributed by atoms with Crippen LogP contribution in [0, 0.1) is 17.0 Å². The molecular formula is C19H14F2N6O2. The first-order valence-corrected chi connectivity index (χ1v) is 8.37. The van der Waals surface area contributed by atoms with E-state index < -0.39 is 23.1 Å². The standard InChI is InChI=1S/C19H14F2N6O2/c1-27-14-7-12(20)16(17(21)11(14)8-24-27)19(28)26-9-2-3-13(22)10(6-9)18(23)15-4-5-25-29-15/h2-8,23H,22H2,1H3,(H,26,28). The second kappa shape index (κ2) is 6.82. The van der Waals surface area contributed by atoms with E-state index in [-0.39, 0.29) is 39.3 Å². The minimum atomic E-state index is -1.01. The number of nitrogen functional groups attached to an aromatic ring is 1. The SMILES string of the molecule is Cn1ncc2c(F)c(C(=O)Nc3ccc(N)c(C(=N)c4ccno4)c3)c(F)cc21. The number of halogens is 2. The van der Waals surface area contributed by atoms with E-state index in [1.54, 1.807) is 7.05 Å². The van der Waals surface area contributed by atoms with Crippen LogP contribution in [0.3, 0.4) is 0 Å². The number of aromatic nitrogens is 3. The maximum absolute atomic E-state index is 14.7. The van der Waals surface area contributed by atoms with Crippen molar-refractivity contribution < 1.29 is 18.1 Å². The molecule has 0 saturated heterocycles. The van der Waals surface area contributed by atoms with Gasteiger partial charge in [-0.2, -0.15) is 5.10 Å². The first kappa shape index (κ1) is 18.3. The molecule has 0 bridgehead atoms. The van der Waals surface area contributed by atoms with Crippen LogP contribution >= 0.6 is 0 Å². The van der Waals surface area contributed by atoms with Gasteiger partial charge in [0.1, 0.15) is 22.9 Å². The Labute approximate surface area is 162 Å². The van der Waals surface area contributed by atoms with Gasteiger partial charge < -0.3 is 15.6 Å². The number of fused-ring (bicyclic) bond motifs is 1. The van der Waals surface area contributed by atoms with Crippen LogP contribution in [-0.2, 0) is 7.05 Å². The molecule has 0 unspecified atom stereocenters. The summed E-state index contributed by atoms with van der Waals surface area (Å²) in [7, 11) is 1.54. The van der Waals surface area contributed by atoms with Crippen molar-refractivity contribution in [1.29, 1.82) is 5.41 Å². The Morgan fingerprint density at radius 1 is 1.28 bits per heavy atom. The number of nitrogens with one attached hydrogen (secondary N) is 2. The topological polar surface area (TPSA) is 123 Å². The number of nitrogens with zero attached hydrogens (tertiary/aromatic N) is 3. The second-order valence-corrected chi connectivity index (χ2v) is 6.26. The first-order valence-electron chi connectivity index (χ1n) is 8.37. The Morgan fingerprint density at radius 3 is 2.79 bits per heavy atom. The normalized spacial score (nSPS) is 11.0. The van der Waals surface area contributed by atoms with Crippen LogP contribution in [0.5, 0.6) is 0 Å².